The quantitative estimate of drug-likeness (QED) is 0.794. The third kappa shape index (κ3) is 3.96. The molecule has 0 bridgehead atoms. The molecule has 1 aromatic rings. The van der Waals surface area contributed by atoms with Crippen LogP contribution in [-0.4, -0.2) is 61.7 Å². The van der Waals surface area contributed by atoms with Crippen LogP contribution in [0.25, 0.3) is 0 Å². The highest BCUT2D eigenvalue weighted by Crippen LogP contribution is 2.31. The largest absolute Gasteiger partial charge is 0.496 e. The number of hydrogen-bond donors (Lipinski definition) is 0. The van der Waals surface area contributed by atoms with Gasteiger partial charge >= 0.3 is 0 Å². The Morgan fingerprint density at radius 1 is 1.14 bits per heavy atom. The number of rotatable bonds is 4. The van der Waals surface area contributed by atoms with Gasteiger partial charge in [-0.3, -0.25) is 4.90 Å². The minimum absolute atomic E-state index is 0.744. The summed E-state index contributed by atoms with van der Waals surface area (Å²) in [5, 5.41) is 0. The Morgan fingerprint density at radius 3 is 2.55 bits per heavy atom. The van der Waals surface area contributed by atoms with Crippen molar-refractivity contribution in [2.45, 2.75) is 30.7 Å². The van der Waals surface area contributed by atoms with Crippen LogP contribution >= 0.6 is 11.9 Å². The number of benzene rings is 1. The van der Waals surface area contributed by atoms with Crippen molar-refractivity contribution in [1.29, 1.82) is 0 Å². The van der Waals surface area contributed by atoms with E-state index in [0.29, 0.717) is 0 Å². The van der Waals surface area contributed by atoms with E-state index in [-0.39, 0.29) is 0 Å². The van der Waals surface area contributed by atoms with Crippen LogP contribution in [0.5, 0.6) is 5.75 Å². The van der Waals surface area contributed by atoms with E-state index in [0.717, 1.165) is 51.2 Å². The van der Waals surface area contributed by atoms with Crippen LogP contribution in [-0.2, 0) is 4.74 Å². The number of aryl methyl sites for hydroxylation is 1. The molecule has 0 radical (unpaired) electrons. The van der Waals surface area contributed by atoms with Crippen LogP contribution in [0.4, 0.5) is 0 Å². The Labute approximate surface area is 137 Å². The highest BCUT2D eigenvalue weighted by molar-refractivity contribution is 7.97. The first kappa shape index (κ1) is 16.1. The summed E-state index contributed by atoms with van der Waals surface area (Å²) >= 11 is 1.86. The van der Waals surface area contributed by atoms with E-state index in [9.17, 15) is 0 Å². The molecule has 0 aromatic heterocycles. The molecule has 4 nitrogen and oxygen atoms in total. The second-order valence-electron chi connectivity index (χ2n) is 6.03. The summed E-state index contributed by atoms with van der Waals surface area (Å²) in [4.78, 5) is 3.88. The minimum Gasteiger partial charge on any atom is -0.496 e. The lowest BCUT2D eigenvalue weighted by molar-refractivity contribution is 0.00658. The Bertz CT molecular complexity index is 484. The number of nitrogens with zero attached hydrogens (tertiary/aromatic N) is 2. The van der Waals surface area contributed by atoms with Crippen molar-refractivity contribution in [1.82, 2.24) is 9.21 Å². The molecule has 2 aliphatic heterocycles. The lowest BCUT2D eigenvalue weighted by Crippen LogP contribution is -2.47. The maximum atomic E-state index is 5.45. The molecule has 0 saturated carbocycles. The van der Waals surface area contributed by atoms with Gasteiger partial charge in [0.05, 0.1) is 20.3 Å². The molecule has 0 N–H and O–H groups in total. The summed E-state index contributed by atoms with van der Waals surface area (Å²) in [6.07, 6.45) is 2.52. The van der Waals surface area contributed by atoms with Gasteiger partial charge < -0.3 is 9.47 Å². The number of piperidine rings is 1. The Morgan fingerprint density at radius 2 is 1.86 bits per heavy atom. The monoisotopic (exact) mass is 322 g/mol. The summed E-state index contributed by atoms with van der Waals surface area (Å²) < 4.78 is 13.4. The summed E-state index contributed by atoms with van der Waals surface area (Å²) in [5.74, 6) is 0.980. The number of morpholine rings is 1. The zero-order valence-electron chi connectivity index (χ0n) is 13.6. The Hall–Kier alpha value is -0.750. The third-order valence-electron chi connectivity index (χ3n) is 4.60. The van der Waals surface area contributed by atoms with Crippen molar-refractivity contribution in [3.8, 4) is 5.75 Å². The molecule has 2 heterocycles. The van der Waals surface area contributed by atoms with Crippen LogP contribution in [0.3, 0.4) is 0 Å². The molecular weight excluding hydrogens is 296 g/mol. The van der Waals surface area contributed by atoms with Gasteiger partial charge in [-0.2, -0.15) is 0 Å². The highest BCUT2D eigenvalue weighted by atomic mass is 32.2. The first-order valence-electron chi connectivity index (χ1n) is 8.15. The molecule has 2 aliphatic rings. The first-order chi connectivity index (χ1) is 10.8. The molecule has 1 aromatic carbocycles. The number of hydrogen-bond acceptors (Lipinski definition) is 5. The van der Waals surface area contributed by atoms with E-state index < -0.39 is 0 Å². The molecule has 2 saturated heterocycles. The van der Waals surface area contributed by atoms with E-state index in [4.69, 9.17) is 9.47 Å². The van der Waals surface area contributed by atoms with Crippen molar-refractivity contribution < 1.29 is 9.47 Å². The van der Waals surface area contributed by atoms with Crippen molar-refractivity contribution in [3.05, 3.63) is 23.8 Å². The van der Waals surface area contributed by atoms with Gasteiger partial charge in [0.2, 0.25) is 0 Å². The normalized spacial score (nSPS) is 21.9. The molecule has 22 heavy (non-hydrogen) atoms. The number of ether oxygens (including phenoxy) is 2. The summed E-state index contributed by atoms with van der Waals surface area (Å²) in [7, 11) is 1.74. The van der Waals surface area contributed by atoms with Crippen molar-refractivity contribution >= 4 is 11.9 Å². The standard InChI is InChI=1S/C17H26N2O2S/c1-14-3-4-16(13-17(14)20-2)22-19-7-5-15(6-8-19)18-9-11-21-12-10-18/h3-4,13,15H,5-12H2,1-2H3. The molecule has 0 unspecified atom stereocenters. The molecule has 0 amide bonds. The van der Waals surface area contributed by atoms with Gasteiger partial charge in [-0.15, -0.1) is 0 Å². The lowest BCUT2D eigenvalue weighted by atomic mass is 10.0. The van der Waals surface area contributed by atoms with Crippen LogP contribution in [0.2, 0.25) is 0 Å². The molecule has 0 spiro atoms. The van der Waals surface area contributed by atoms with E-state index in [2.05, 4.69) is 34.3 Å². The van der Waals surface area contributed by atoms with Gasteiger partial charge in [-0.05, 0) is 49.4 Å². The van der Waals surface area contributed by atoms with E-state index in [1.807, 2.05) is 11.9 Å². The zero-order valence-corrected chi connectivity index (χ0v) is 14.4. The molecule has 5 heteroatoms. The van der Waals surface area contributed by atoms with Crippen molar-refractivity contribution in [2.75, 3.05) is 46.5 Å². The van der Waals surface area contributed by atoms with Crippen LogP contribution < -0.4 is 4.74 Å². The van der Waals surface area contributed by atoms with E-state index in [1.165, 1.54) is 23.3 Å². The maximum Gasteiger partial charge on any atom is 0.122 e. The van der Waals surface area contributed by atoms with Gasteiger partial charge in [-0.25, -0.2) is 4.31 Å². The molecule has 0 aliphatic carbocycles. The third-order valence-corrected chi connectivity index (χ3v) is 5.69. The van der Waals surface area contributed by atoms with Gasteiger partial charge in [0.25, 0.3) is 0 Å². The van der Waals surface area contributed by atoms with Gasteiger partial charge in [0.15, 0.2) is 0 Å². The Balaban J connectivity index is 1.51. The fraction of sp³-hybridized carbons (Fsp3) is 0.647. The van der Waals surface area contributed by atoms with Gasteiger partial charge in [0.1, 0.15) is 5.75 Å². The average Bonchev–Trinajstić information content (AvgIpc) is 2.58. The second kappa shape index (κ2) is 7.68. The zero-order chi connectivity index (χ0) is 15.4. The summed E-state index contributed by atoms with van der Waals surface area (Å²) in [5.41, 5.74) is 1.19. The van der Waals surface area contributed by atoms with E-state index in [1.54, 1.807) is 7.11 Å². The topological polar surface area (TPSA) is 24.9 Å². The summed E-state index contributed by atoms with van der Waals surface area (Å²) in [6, 6.07) is 7.22. The minimum atomic E-state index is 0.744. The van der Waals surface area contributed by atoms with Gasteiger partial charge in [-0.1, -0.05) is 6.07 Å². The van der Waals surface area contributed by atoms with E-state index >= 15 is 0 Å². The van der Waals surface area contributed by atoms with Crippen LogP contribution in [0, 0.1) is 6.92 Å². The highest BCUT2D eigenvalue weighted by Gasteiger charge is 2.26. The molecule has 122 valence electrons. The number of methoxy groups -OCH3 is 1. The molecule has 2 fully saturated rings. The predicted molar refractivity (Wildman–Crippen MR) is 90.6 cm³/mol. The lowest BCUT2D eigenvalue weighted by Gasteiger charge is -2.39. The fourth-order valence-electron chi connectivity index (χ4n) is 3.25. The average molecular weight is 322 g/mol. The molecule has 0 atom stereocenters. The molecular formula is C17H26N2O2S. The molecule has 3 rings (SSSR count). The first-order valence-corrected chi connectivity index (χ1v) is 8.93. The van der Waals surface area contributed by atoms with Gasteiger partial charge in [0, 0.05) is 37.1 Å². The summed E-state index contributed by atoms with van der Waals surface area (Å²) in [6.45, 7) is 8.41. The predicted octanol–water partition coefficient (Wildman–Crippen LogP) is 2.81. The Kier molecular flexibility index (Phi) is 5.63. The van der Waals surface area contributed by atoms with Crippen LogP contribution in [0.1, 0.15) is 18.4 Å². The van der Waals surface area contributed by atoms with Crippen molar-refractivity contribution in [2.24, 2.45) is 0 Å². The maximum absolute atomic E-state index is 5.45. The van der Waals surface area contributed by atoms with Crippen LogP contribution in [0.15, 0.2) is 23.1 Å². The van der Waals surface area contributed by atoms with Crippen molar-refractivity contribution in [3.63, 3.8) is 0 Å². The fourth-order valence-corrected chi connectivity index (χ4v) is 4.23. The smallest absolute Gasteiger partial charge is 0.122 e. The SMILES string of the molecule is COc1cc(SN2CCC(N3CCOCC3)CC2)ccc1C. The second-order valence-corrected chi connectivity index (χ2v) is 7.20.